The normalized spacial score (nSPS) is 11.5. The van der Waals surface area contributed by atoms with Gasteiger partial charge in [0.1, 0.15) is 11.2 Å². The van der Waals surface area contributed by atoms with Crippen LogP contribution in [0.3, 0.4) is 0 Å². The zero-order chi connectivity index (χ0) is 41.0. The zero-order valence-electron chi connectivity index (χ0n) is 33.8. The summed E-state index contributed by atoms with van der Waals surface area (Å²) in [7, 11) is 0. The molecule has 12 rings (SSSR count). The highest BCUT2D eigenvalue weighted by Crippen LogP contribution is 2.42. The second-order valence-corrected chi connectivity index (χ2v) is 15.8. The molecule has 0 aliphatic carbocycles. The summed E-state index contributed by atoms with van der Waals surface area (Å²) in [5.41, 5.74) is 14.1. The van der Waals surface area contributed by atoms with E-state index in [1.165, 1.54) is 32.6 Å². The standard InChI is InChI=1S/C58H39N3O/c1-4-16-44(17-5-1)59(49-32-34-55-53(38-49)52-36-42-14-10-11-15-43(42)37-56(52)61(55)46-20-8-3-9-21-46)47-28-24-40(25-29-47)41-26-30-48(31-27-41)60(45-18-6-2-7-19-45)50-33-35-58-54(39-50)51-22-12-13-23-57(51)62-58/h1-39H. The number of anilines is 6. The topological polar surface area (TPSA) is 24.6 Å². The first-order valence-corrected chi connectivity index (χ1v) is 21.1. The molecule has 12 aromatic rings. The van der Waals surface area contributed by atoms with Gasteiger partial charge < -0.3 is 18.8 Å². The fourth-order valence-electron chi connectivity index (χ4n) is 9.20. The Morgan fingerprint density at radius 1 is 0.290 bits per heavy atom. The van der Waals surface area contributed by atoms with Gasteiger partial charge in [-0.15, -0.1) is 0 Å². The molecule has 0 spiro atoms. The summed E-state index contributed by atoms with van der Waals surface area (Å²) in [4.78, 5) is 4.67. The number of furan rings is 1. The largest absolute Gasteiger partial charge is 0.456 e. The van der Waals surface area contributed by atoms with Crippen LogP contribution in [-0.2, 0) is 0 Å². The van der Waals surface area contributed by atoms with Crippen LogP contribution in [0.5, 0.6) is 0 Å². The van der Waals surface area contributed by atoms with Crippen LogP contribution < -0.4 is 9.80 Å². The van der Waals surface area contributed by atoms with Gasteiger partial charge in [0.05, 0.1) is 11.0 Å². The van der Waals surface area contributed by atoms with E-state index in [-0.39, 0.29) is 0 Å². The first-order chi connectivity index (χ1) is 30.7. The molecule has 0 N–H and O–H groups in total. The van der Waals surface area contributed by atoms with Crippen molar-refractivity contribution in [3.8, 4) is 16.8 Å². The van der Waals surface area contributed by atoms with E-state index >= 15 is 0 Å². The first-order valence-electron chi connectivity index (χ1n) is 21.1. The van der Waals surface area contributed by atoms with Crippen LogP contribution in [0.1, 0.15) is 0 Å². The molecular weight excluding hydrogens is 755 g/mol. The molecule has 0 unspecified atom stereocenters. The molecule has 2 aromatic heterocycles. The lowest BCUT2D eigenvalue weighted by molar-refractivity contribution is 0.669. The molecule has 4 nitrogen and oxygen atoms in total. The zero-order valence-corrected chi connectivity index (χ0v) is 33.8. The molecule has 0 fully saturated rings. The molecule has 0 radical (unpaired) electrons. The van der Waals surface area contributed by atoms with Gasteiger partial charge in [0.2, 0.25) is 0 Å². The highest BCUT2D eigenvalue weighted by molar-refractivity contribution is 6.14. The molecule has 0 saturated carbocycles. The number of nitrogens with zero attached hydrogens (tertiary/aromatic N) is 3. The molecule has 0 saturated heterocycles. The molecule has 0 bridgehead atoms. The Kier molecular flexibility index (Phi) is 8.46. The van der Waals surface area contributed by atoms with E-state index in [9.17, 15) is 0 Å². The van der Waals surface area contributed by atoms with Crippen LogP contribution in [0.4, 0.5) is 34.1 Å². The summed E-state index contributed by atoms with van der Waals surface area (Å²) >= 11 is 0. The number of benzene rings is 10. The number of rotatable bonds is 8. The summed E-state index contributed by atoms with van der Waals surface area (Å²) in [6.07, 6.45) is 0. The van der Waals surface area contributed by atoms with Gasteiger partial charge in [-0.3, -0.25) is 0 Å². The lowest BCUT2D eigenvalue weighted by Crippen LogP contribution is -2.10. The molecule has 62 heavy (non-hydrogen) atoms. The van der Waals surface area contributed by atoms with E-state index < -0.39 is 0 Å². The molecule has 10 aromatic carbocycles. The fourth-order valence-corrected chi connectivity index (χ4v) is 9.20. The van der Waals surface area contributed by atoms with Crippen molar-refractivity contribution in [1.82, 2.24) is 4.57 Å². The van der Waals surface area contributed by atoms with Gasteiger partial charge in [-0.1, -0.05) is 121 Å². The second kappa shape index (κ2) is 14.7. The maximum Gasteiger partial charge on any atom is 0.135 e. The predicted octanol–water partition coefficient (Wildman–Crippen LogP) is 16.4. The quantitative estimate of drug-likeness (QED) is 0.153. The minimum Gasteiger partial charge on any atom is -0.456 e. The molecule has 0 aliphatic rings. The monoisotopic (exact) mass is 793 g/mol. The van der Waals surface area contributed by atoms with E-state index in [0.717, 1.165) is 72.9 Å². The predicted molar refractivity (Wildman–Crippen MR) is 260 cm³/mol. The lowest BCUT2D eigenvalue weighted by Gasteiger charge is -2.26. The Hall–Kier alpha value is -8.34. The second-order valence-electron chi connectivity index (χ2n) is 15.8. The maximum atomic E-state index is 6.18. The molecule has 2 heterocycles. The Balaban J connectivity index is 0.919. The van der Waals surface area contributed by atoms with Gasteiger partial charge in [-0.2, -0.15) is 0 Å². The summed E-state index contributed by atoms with van der Waals surface area (Å²) in [6, 6.07) is 84.6. The average molecular weight is 794 g/mol. The van der Waals surface area contributed by atoms with Crippen LogP contribution in [0, 0.1) is 0 Å². The van der Waals surface area contributed by atoms with Gasteiger partial charge in [-0.25, -0.2) is 0 Å². The van der Waals surface area contributed by atoms with Crippen LogP contribution in [0.15, 0.2) is 241 Å². The van der Waals surface area contributed by atoms with Crippen LogP contribution in [0.25, 0.3) is 71.3 Å². The lowest BCUT2D eigenvalue weighted by atomic mass is 10.0. The van der Waals surface area contributed by atoms with E-state index in [4.69, 9.17) is 4.42 Å². The molecular formula is C58H39N3O. The summed E-state index contributed by atoms with van der Waals surface area (Å²) in [6.45, 7) is 0. The summed E-state index contributed by atoms with van der Waals surface area (Å²) in [5.74, 6) is 0. The van der Waals surface area contributed by atoms with Crippen molar-refractivity contribution in [1.29, 1.82) is 0 Å². The smallest absolute Gasteiger partial charge is 0.135 e. The third kappa shape index (κ3) is 6.08. The SMILES string of the molecule is c1ccc(N(c2ccc(-c3ccc(N(c4ccccc4)c4ccc5c(c4)c4cc6ccccc6cc4n5-c4ccccc4)cc3)cc2)c2ccc3oc4ccccc4c3c2)cc1. The van der Waals surface area contributed by atoms with Crippen molar-refractivity contribution < 1.29 is 4.42 Å². The number of hydrogen-bond donors (Lipinski definition) is 0. The number of para-hydroxylation sites is 4. The maximum absolute atomic E-state index is 6.18. The minimum absolute atomic E-state index is 0.887. The third-order valence-corrected chi connectivity index (χ3v) is 12.1. The first kappa shape index (κ1) is 35.6. The Labute approximate surface area is 359 Å². The molecule has 0 atom stereocenters. The summed E-state index contributed by atoms with van der Waals surface area (Å²) in [5, 5.41) is 7.14. The van der Waals surface area contributed by atoms with E-state index in [1.54, 1.807) is 0 Å². The van der Waals surface area contributed by atoms with Gasteiger partial charge in [0.25, 0.3) is 0 Å². The minimum atomic E-state index is 0.887. The molecule has 0 amide bonds. The Morgan fingerprint density at radius 3 is 1.37 bits per heavy atom. The molecule has 0 aliphatic heterocycles. The molecule has 4 heteroatoms. The highest BCUT2D eigenvalue weighted by Gasteiger charge is 2.19. The van der Waals surface area contributed by atoms with Crippen molar-refractivity contribution in [3.63, 3.8) is 0 Å². The van der Waals surface area contributed by atoms with Crippen LogP contribution in [0.2, 0.25) is 0 Å². The average Bonchev–Trinajstić information content (AvgIpc) is 3.87. The van der Waals surface area contributed by atoms with Crippen molar-refractivity contribution in [2.45, 2.75) is 0 Å². The van der Waals surface area contributed by atoms with Crippen molar-refractivity contribution in [3.05, 3.63) is 237 Å². The number of aromatic nitrogens is 1. The van der Waals surface area contributed by atoms with E-state index in [1.807, 2.05) is 12.1 Å². The van der Waals surface area contributed by atoms with Crippen LogP contribution in [-0.4, -0.2) is 4.57 Å². The van der Waals surface area contributed by atoms with E-state index in [0.29, 0.717) is 0 Å². The van der Waals surface area contributed by atoms with Crippen molar-refractivity contribution in [2.75, 3.05) is 9.80 Å². The molecule has 292 valence electrons. The Morgan fingerprint density at radius 2 is 0.742 bits per heavy atom. The van der Waals surface area contributed by atoms with Gasteiger partial charge in [0, 0.05) is 61.4 Å². The van der Waals surface area contributed by atoms with E-state index in [2.05, 4.69) is 239 Å². The number of fused-ring (bicyclic) bond motifs is 7. The van der Waals surface area contributed by atoms with Crippen LogP contribution >= 0.6 is 0 Å². The van der Waals surface area contributed by atoms with Gasteiger partial charge in [-0.05, 0) is 137 Å². The van der Waals surface area contributed by atoms with Crippen molar-refractivity contribution in [2.24, 2.45) is 0 Å². The van der Waals surface area contributed by atoms with Gasteiger partial charge >= 0.3 is 0 Å². The Bertz CT molecular complexity index is 3560. The third-order valence-electron chi connectivity index (χ3n) is 12.1. The summed E-state index contributed by atoms with van der Waals surface area (Å²) < 4.78 is 8.57. The number of hydrogen-bond acceptors (Lipinski definition) is 3. The fraction of sp³-hybridized carbons (Fsp3) is 0. The van der Waals surface area contributed by atoms with Crippen molar-refractivity contribution >= 4 is 88.6 Å². The highest BCUT2D eigenvalue weighted by atomic mass is 16.3. The van der Waals surface area contributed by atoms with Gasteiger partial charge in [0.15, 0.2) is 0 Å².